The number of piperidine rings is 1. The van der Waals surface area contributed by atoms with Crippen molar-refractivity contribution in [1.29, 1.82) is 0 Å². The van der Waals surface area contributed by atoms with Crippen molar-refractivity contribution in [1.82, 2.24) is 10.2 Å². The molecule has 1 saturated heterocycles. The fourth-order valence-corrected chi connectivity index (χ4v) is 3.86. The zero-order valence-electron chi connectivity index (χ0n) is 16.8. The predicted molar refractivity (Wildman–Crippen MR) is 105 cm³/mol. The Morgan fingerprint density at radius 3 is 2.52 bits per heavy atom. The number of nitrogens with zero attached hydrogens (tertiary/aromatic N) is 1. The number of carbonyl (C=O) groups is 1. The number of carbonyl (C=O) groups excluding carboxylic acids is 1. The second-order valence-electron chi connectivity index (χ2n) is 7.79. The molecule has 1 aliphatic heterocycles. The number of nitrogens with one attached hydrogen (secondary N) is 1. The Kier molecular flexibility index (Phi) is 6.60. The van der Waals surface area contributed by atoms with Crippen LogP contribution in [0, 0.1) is 5.92 Å². The van der Waals surface area contributed by atoms with E-state index in [9.17, 15) is 4.79 Å². The Morgan fingerprint density at radius 2 is 1.93 bits per heavy atom. The maximum absolute atomic E-state index is 13.0. The number of hydrogen-bond donors (Lipinski definition) is 1. The van der Waals surface area contributed by atoms with Crippen LogP contribution in [0.1, 0.15) is 42.5 Å². The Bertz CT molecular complexity index is 637. The first-order chi connectivity index (χ1) is 13.1. The van der Waals surface area contributed by atoms with Gasteiger partial charge in [0.25, 0.3) is 5.91 Å². The van der Waals surface area contributed by atoms with Gasteiger partial charge in [0.1, 0.15) is 11.5 Å². The van der Waals surface area contributed by atoms with Crippen LogP contribution in [0.25, 0.3) is 0 Å². The third kappa shape index (κ3) is 5.14. The largest absolute Gasteiger partial charge is 0.497 e. The van der Waals surface area contributed by atoms with Crippen molar-refractivity contribution in [3.63, 3.8) is 0 Å². The van der Waals surface area contributed by atoms with Crippen LogP contribution in [-0.2, 0) is 4.74 Å². The first-order valence-corrected chi connectivity index (χ1v) is 9.85. The van der Waals surface area contributed by atoms with Gasteiger partial charge in [-0.15, -0.1) is 0 Å². The van der Waals surface area contributed by atoms with Gasteiger partial charge >= 0.3 is 0 Å². The van der Waals surface area contributed by atoms with E-state index < -0.39 is 0 Å². The molecule has 1 aromatic rings. The zero-order chi connectivity index (χ0) is 19.3. The minimum Gasteiger partial charge on any atom is -0.497 e. The van der Waals surface area contributed by atoms with Crippen LogP contribution in [-0.4, -0.2) is 63.9 Å². The van der Waals surface area contributed by atoms with Crippen LogP contribution in [0.4, 0.5) is 0 Å². The number of hydrogen-bond acceptors (Lipinski definition) is 5. The fourth-order valence-electron chi connectivity index (χ4n) is 3.86. The first kappa shape index (κ1) is 20.0. The van der Waals surface area contributed by atoms with Crippen molar-refractivity contribution in [2.24, 2.45) is 5.92 Å². The second kappa shape index (κ2) is 8.93. The normalized spacial score (nSPS) is 19.5. The highest BCUT2D eigenvalue weighted by atomic mass is 16.5. The Balaban J connectivity index is 1.69. The Morgan fingerprint density at radius 1 is 1.19 bits per heavy atom. The van der Waals surface area contributed by atoms with E-state index in [-0.39, 0.29) is 11.4 Å². The fraction of sp³-hybridized carbons (Fsp3) is 0.667. The van der Waals surface area contributed by atoms with Crippen molar-refractivity contribution < 1.29 is 19.0 Å². The van der Waals surface area contributed by atoms with Gasteiger partial charge < -0.3 is 24.4 Å². The molecule has 1 amide bonds. The summed E-state index contributed by atoms with van der Waals surface area (Å²) in [4.78, 5) is 15.6. The van der Waals surface area contributed by atoms with Crippen molar-refractivity contribution in [2.75, 3.05) is 47.6 Å². The molecular formula is C21H32N2O4. The van der Waals surface area contributed by atoms with E-state index in [1.54, 1.807) is 39.5 Å². The summed E-state index contributed by atoms with van der Waals surface area (Å²) in [6, 6.07) is 5.30. The topological polar surface area (TPSA) is 60.0 Å². The molecule has 6 nitrogen and oxygen atoms in total. The van der Waals surface area contributed by atoms with Crippen LogP contribution >= 0.6 is 0 Å². The molecule has 27 heavy (non-hydrogen) atoms. The van der Waals surface area contributed by atoms with Crippen molar-refractivity contribution in [2.45, 2.75) is 37.6 Å². The Hall–Kier alpha value is -1.79. The lowest BCUT2D eigenvalue weighted by Crippen LogP contribution is -2.56. The highest BCUT2D eigenvalue weighted by molar-refractivity contribution is 5.97. The van der Waals surface area contributed by atoms with E-state index in [0.29, 0.717) is 23.7 Å². The average molecular weight is 376 g/mol. The van der Waals surface area contributed by atoms with E-state index in [0.717, 1.165) is 38.3 Å². The lowest BCUT2D eigenvalue weighted by molar-refractivity contribution is 0.0694. The van der Waals surface area contributed by atoms with Crippen LogP contribution in [0.3, 0.4) is 0 Å². The maximum atomic E-state index is 13.0. The molecule has 1 aromatic carbocycles. The van der Waals surface area contributed by atoms with Gasteiger partial charge in [-0.05, 0) is 50.2 Å². The number of amides is 1. The molecule has 0 aromatic heterocycles. The van der Waals surface area contributed by atoms with E-state index in [1.807, 2.05) is 0 Å². The molecule has 0 atom stereocenters. The molecular weight excluding hydrogens is 344 g/mol. The summed E-state index contributed by atoms with van der Waals surface area (Å²) < 4.78 is 16.0. The lowest BCUT2D eigenvalue weighted by atomic mass is 9.84. The van der Waals surface area contributed by atoms with E-state index >= 15 is 0 Å². The molecule has 1 heterocycles. The SMILES string of the molecule is COCCC1(NC(=O)c2ccc(OC)cc2OC)CCN(CC2CC2)CC1. The molecule has 1 aliphatic carbocycles. The molecule has 3 rings (SSSR count). The van der Waals surface area contributed by atoms with Gasteiger partial charge in [-0.25, -0.2) is 0 Å². The zero-order valence-corrected chi connectivity index (χ0v) is 16.8. The molecule has 1 N–H and O–H groups in total. The van der Waals surface area contributed by atoms with Crippen molar-refractivity contribution in [3.05, 3.63) is 23.8 Å². The number of ether oxygens (including phenoxy) is 3. The predicted octanol–water partition coefficient (Wildman–Crippen LogP) is 2.71. The molecule has 2 fully saturated rings. The first-order valence-electron chi connectivity index (χ1n) is 9.85. The molecule has 1 saturated carbocycles. The molecule has 0 spiro atoms. The van der Waals surface area contributed by atoms with Crippen molar-refractivity contribution >= 4 is 5.91 Å². The summed E-state index contributed by atoms with van der Waals surface area (Å²) in [5, 5.41) is 3.32. The van der Waals surface area contributed by atoms with E-state index in [4.69, 9.17) is 14.2 Å². The van der Waals surface area contributed by atoms with E-state index in [2.05, 4.69) is 10.2 Å². The third-order valence-corrected chi connectivity index (χ3v) is 5.84. The standard InChI is InChI=1S/C21H32N2O4/c1-25-13-10-21(8-11-23(12-9-21)15-16-4-5-16)22-20(24)18-7-6-17(26-2)14-19(18)27-3/h6-7,14,16H,4-5,8-13,15H2,1-3H3,(H,22,24). The summed E-state index contributed by atoms with van der Waals surface area (Å²) in [5.74, 6) is 2.00. The minimum absolute atomic E-state index is 0.0961. The average Bonchev–Trinajstić information content (AvgIpc) is 3.51. The molecule has 0 radical (unpaired) electrons. The Labute approximate surface area is 162 Å². The summed E-state index contributed by atoms with van der Waals surface area (Å²) in [5.41, 5.74) is 0.313. The van der Waals surface area contributed by atoms with E-state index in [1.165, 1.54) is 19.4 Å². The highest BCUT2D eigenvalue weighted by Crippen LogP contribution is 2.33. The van der Waals surface area contributed by atoms with Gasteiger partial charge in [-0.2, -0.15) is 0 Å². The van der Waals surface area contributed by atoms with Gasteiger partial charge in [0.15, 0.2) is 0 Å². The molecule has 150 valence electrons. The lowest BCUT2D eigenvalue weighted by Gasteiger charge is -2.42. The number of benzene rings is 1. The minimum atomic E-state index is -0.224. The maximum Gasteiger partial charge on any atom is 0.255 e. The van der Waals surface area contributed by atoms with Crippen LogP contribution in [0.15, 0.2) is 18.2 Å². The molecule has 6 heteroatoms. The summed E-state index contributed by atoms with van der Waals surface area (Å²) in [6.45, 7) is 3.91. The summed E-state index contributed by atoms with van der Waals surface area (Å²) in [7, 11) is 4.89. The van der Waals surface area contributed by atoms with Gasteiger partial charge in [-0.1, -0.05) is 0 Å². The quantitative estimate of drug-likeness (QED) is 0.718. The highest BCUT2D eigenvalue weighted by Gasteiger charge is 2.37. The van der Waals surface area contributed by atoms with Gasteiger partial charge in [0, 0.05) is 45.0 Å². The summed E-state index contributed by atoms with van der Waals surface area (Å²) >= 11 is 0. The van der Waals surface area contributed by atoms with Crippen LogP contribution < -0.4 is 14.8 Å². The van der Waals surface area contributed by atoms with Crippen LogP contribution in [0.2, 0.25) is 0 Å². The molecule has 0 unspecified atom stereocenters. The van der Waals surface area contributed by atoms with Crippen molar-refractivity contribution in [3.8, 4) is 11.5 Å². The molecule has 0 bridgehead atoms. The second-order valence-corrected chi connectivity index (χ2v) is 7.79. The smallest absolute Gasteiger partial charge is 0.255 e. The monoisotopic (exact) mass is 376 g/mol. The molecule has 2 aliphatic rings. The van der Waals surface area contributed by atoms with Gasteiger partial charge in [-0.3, -0.25) is 4.79 Å². The number of methoxy groups -OCH3 is 3. The third-order valence-electron chi connectivity index (χ3n) is 5.84. The number of likely N-dealkylation sites (tertiary alicyclic amines) is 1. The summed E-state index contributed by atoms with van der Waals surface area (Å²) in [6.07, 6.45) is 5.48. The van der Waals surface area contributed by atoms with Gasteiger partial charge in [0.2, 0.25) is 0 Å². The number of rotatable bonds is 9. The van der Waals surface area contributed by atoms with Crippen LogP contribution in [0.5, 0.6) is 11.5 Å². The van der Waals surface area contributed by atoms with Gasteiger partial charge in [0.05, 0.1) is 19.8 Å².